The van der Waals surface area contributed by atoms with Crippen molar-refractivity contribution in [2.45, 2.75) is 79.4 Å². The predicted octanol–water partition coefficient (Wildman–Crippen LogP) is 1.99. The van der Waals surface area contributed by atoms with Crippen molar-refractivity contribution in [1.82, 2.24) is 5.06 Å². The van der Waals surface area contributed by atoms with Gasteiger partial charge in [-0.05, 0) is 81.5 Å². The normalized spacial score (nSPS) is 19.9. The Morgan fingerprint density at radius 1 is 0.667 bits per heavy atom. The molecule has 3 aliphatic heterocycles. The molecule has 0 saturated carbocycles. The van der Waals surface area contributed by atoms with Crippen molar-refractivity contribution in [2.24, 2.45) is 0 Å². The minimum absolute atomic E-state index is 0.0156. The Morgan fingerprint density at radius 2 is 1.20 bits per heavy atom. The second-order valence-corrected chi connectivity index (χ2v) is 23.7. The summed E-state index contributed by atoms with van der Waals surface area (Å²) in [4.78, 5) is 40.8. The van der Waals surface area contributed by atoms with Crippen LogP contribution in [0.25, 0.3) is 0 Å². The summed E-state index contributed by atoms with van der Waals surface area (Å²) in [6.45, 7) is 5.02. The average molecular weight is 1130 g/mol. The molecule has 2 aromatic rings. The maximum Gasteiger partial charge on any atom is 0.335 e. The third kappa shape index (κ3) is 17.1. The van der Waals surface area contributed by atoms with Crippen LogP contribution in [0, 0.1) is 0 Å². The van der Waals surface area contributed by atoms with Crippen molar-refractivity contribution in [3.63, 3.8) is 0 Å². The van der Waals surface area contributed by atoms with Crippen molar-refractivity contribution in [1.29, 1.82) is 0 Å². The van der Waals surface area contributed by atoms with Crippen LogP contribution in [0.15, 0.2) is 82.3 Å². The number of hydrogen-bond donors (Lipinski definition) is 0. The molecule has 0 bridgehead atoms. The van der Waals surface area contributed by atoms with E-state index in [0.717, 1.165) is 6.07 Å². The molecular weight excluding hydrogens is 1070 g/mol. The molecule has 75 heavy (non-hydrogen) atoms. The number of hydroxylamine groups is 2. The van der Waals surface area contributed by atoms with E-state index in [0.29, 0.717) is 45.6 Å². The fourth-order valence-electron chi connectivity index (χ4n) is 9.00. The van der Waals surface area contributed by atoms with E-state index < -0.39 is 90.4 Å². The highest BCUT2D eigenvalue weighted by Gasteiger charge is 2.48. The summed E-state index contributed by atoms with van der Waals surface area (Å²) in [6, 6.07) is 7.70. The molecule has 2 aromatic carbocycles. The molecule has 1 saturated heterocycles. The van der Waals surface area contributed by atoms with Gasteiger partial charge in [0.05, 0.1) is 94.7 Å². The first-order valence-corrected chi connectivity index (χ1v) is 29.6. The zero-order chi connectivity index (χ0) is 55.2. The largest absolute Gasteiger partial charge is 0.748 e. The molecule has 3 heterocycles. The van der Waals surface area contributed by atoms with Gasteiger partial charge in [0.25, 0.3) is 11.8 Å². The van der Waals surface area contributed by atoms with Gasteiger partial charge in [0, 0.05) is 72.5 Å². The molecule has 1 fully saturated rings. The summed E-state index contributed by atoms with van der Waals surface area (Å²) >= 11 is 0. The molecule has 2 unspecified atom stereocenters. The van der Waals surface area contributed by atoms with Crippen LogP contribution in [0.1, 0.15) is 69.9 Å². The molecule has 0 spiro atoms. The van der Waals surface area contributed by atoms with Gasteiger partial charge in [-0.25, -0.2) is 38.5 Å². The molecule has 24 nitrogen and oxygen atoms in total. The van der Waals surface area contributed by atoms with Gasteiger partial charge < -0.3 is 51.6 Å². The molecule has 0 radical (unpaired) electrons. The predicted molar refractivity (Wildman–Crippen MR) is 262 cm³/mol. The first-order valence-electron chi connectivity index (χ1n) is 23.6. The topological polar surface area (TPSA) is 345 Å². The van der Waals surface area contributed by atoms with E-state index in [1.165, 1.54) is 37.4 Å². The second-order valence-electron chi connectivity index (χ2n) is 17.9. The number of anilines is 1. The number of amides is 2. The maximum atomic E-state index is 12.3. The van der Waals surface area contributed by atoms with E-state index >= 15 is 0 Å². The number of ether oxygens (including phenoxy) is 5. The molecule has 5 rings (SSSR count). The number of carbonyl (C=O) groups is 3. The van der Waals surface area contributed by atoms with Gasteiger partial charge in [-0.15, -0.1) is 5.06 Å². The first kappa shape index (κ1) is 61.0. The summed E-state index contributed by atoms with van der Waals surface area (Å²) < 4.78 is 173. The fourth-order valence-corrected chi connectivity index (χ4v) is 11.0. The van der Waals surface area contributed by atoms with Gasteiger partial charge in [-0.2, -0.15) is 4.58 Å². The number of allylic oxidation sites excluding steroid dienone is 6. The first-order chi connectivity index (χ1) is 35.2. The molecule has 0 N–H and O–H groups in total. The zero-order valence-corrected chi connectivity index (χ0v) is 44.8. The molecule has 2 atom stereocenters. The fraction of sp³-hybridized carbons (Fsp3) is 0.532. The number of hydrogen-bond acceptors (Lipinski definition) is 22. The molecule has 416 valence electrons. The van der Waals surface area contributed by atoms with Gasteiger partial charge in [-0.3, -0.25) is 9.59 Å². The van der Waals surface area contributed by atoms with Crippen molar-refractivity contribution in [3.05, 3.63) is 83.6 Å². The summed E-state index contributed by atoms with van der Waals surface area (Å²) in [6.07, 6.45) is 7.84. The minimum Gasteiger partial charge on any atom is -0.748 e. The third-order valence-electron chi connectivity index (χ3n) is 12.6. The lowest BCUT2D eigenvalue weighted by Crippen LogP contribution is -2.32. The third-order valence-corrected chi connectivity index (χ3v) is 15.9. The van der Waals surface area contributed by atoms with E-state index in [-0.39, 0.29) is 111 Å². The number of fused-ring (bicyclic) bond motifs is 2. The van der Waals surface area contributed by atoms with Gasteiger partial charge >= 0.3 is 5.97 Å². The molecule has 0 aromatic heterocycles. The number of methoxy groups -OCH3 is 1. The highest BCUT2D eigenvalue weighted by Crippen LogP contribution is 2.51. The van der Waals surface area contributed by atoms with E-state index in [2.05, 4.69) is 0 Å². The van der Waals surface area contributed by atoms with E-state index in [1.54, 1.807) is 44.2 Å². The number of imide groups is 1. The van der Waals surface area contributed by atoms with E-state index in [4.69, 9.17) is 28.5 Å². The average Bonchev–Trinajstić information content (AvgIpc) is 3.84. The Kier molecular flexibility index (Phi) is 21.6. The lowest BCUT2D eigenvalue weighted by Gasteiger charge is -2.30. The van der Waals surface area contributed by atoms with Gasteiger partial charge in [0.15, 0.2) is 12.3 Å². The standard InChI is InChI=1S/C47H63N3O21S4/c1-46(18-7-31-72(54,55)56)37-33-35(74(60,61)62)11-13-39(37)48(20-23-68-26-25-66-3)41(46)9-5-4-6-10-42-47(2,19-8-32-73(57,58)59)38-34-36(75(63,64)65)12-14-40(38)49(42)21-24-69-28-30-70-29-27-67-22-17-45(53)71-50-43(51)15-16-44(50)52/h4-6,9-14,33-34H,7-8,15-32H2,1-3H3,(H3-,54,55,56,57,58,59,60,61,62,63,64,65)/p-3. The van der Waals surface area contributed by atoms with Gasteiger partial charge in [0.1, 0.15) is 26.8 Å². The van der Waals surface area contributed by atoms with Crippen LogP contribution in [-0.4, -0.2) is 176 Å². The lowest BCUT2D eigenvalue weighted by molar-refractivity contribution is -0.442. The van der Waals surface area contributed by atoms with Gasteiger partial charge in [0.2, 0.25) is 5.69 Å². The van der Waals surface area contributed by atoms with Crippen LogP contribution in [0.3, 0.4) is 0 Å². The Balaban J connectivity index is 1.38. The van der Waals surface area contributed by atoms with Crippen LogP contribution < -0.4 is 4.90 Å². The monoisotopic (exact) mass is 1130 g/mol. The Morgan fingerprint density at radius 3 is 1.79 bits per heavy atom. The number of carbonyl (C=O) groups excluding carboxylic acids is 3. The number of rotatable bonds is 32. The van der Waals surface area contributed by atoms with Gasteiger partial charge in [-0.1, -0.05) is 18.2 Å². The van der Waals surface area contributed by atoms with Crippen LogP contribution in [0.4, 0.5) is 11.4 Å². The Labute approximate surface area is 436 Å². The van der Waals surface area contributed by atoms with Crippen LogP contribution >= 0.6 is 0 Å². The Hall–Kier alpha value is -4.82. The maximum absolute atomic E-state index is 12.3. The van der Waals surface area contributed by atoms with E-state index in [9.17, 15) is 66.3 Å². The van der Waals surface area contributed by atoms with Crippen LogP contribution in [0.5, 0.6) is 0 Å². The highest BCUT2D eigenvalue weighted by molar-refractivity contribution is 7.86. The quantitative estimate of drug-likeness (QED) is 0.0332. The van der Waals surface area contributed by atoms with Crippen LogP contribution in [-0.2, 0) is 94.2 Å². The summed E-state index contributed by atoms with van der Waals surface area (Å²) in [5, 5.41) is 0.451. The second kappa shape index (κ2) is 26.5. The van der Waals surface area contributed by atoms with Crippen molar-refractivity contribution < 1.29 is 99.4 Å². The number of benzene rings is 2. The molecule has 0 aliphatic carbocycles. The summed E-state index contributed by atoms with van der Waals surface area (Å²) in [5.41, 5.74) is 0.482. The molecular formula is C47H60N3O21S4-3. The van der Waals surface area contributed by atoms with E-state index in [1.807, 2.05) is 9.48 Å². The lowest BCUT2D eigenvalue weighted by atomic mass is 9.76. The van der Waals surface area contributed by atoms with Crippen molar-refractivity contribution in [3.8, 4) is 0 Å². The zero-order valence-electron chi connectivity index (χ0n) is 41.5. The molecule has 28 heteroatoms. The number of nitrogens with zero attached hydrogens (tertiary/aromatic N) is 3. The Bertz CT molecular complexity index is 2980. The van der Waals surface area contributed by atoms with Crippen molar-refractivity contribution in [2.75, 3.05) is 96.1 Å². The minimum atomic E-state index is -4.96. The SMILES string of the molecule is COCCOCC[N+]1=C(/C=C/C=C/C=C2/N(CCOCCOCCOCCC(=O)ON3C(=O)CCC3=O)c3ccc(S(=O)(=O)[O-])cc3C2(C)CCCS(=O)(=O)[O-])C(C)(CCCS(=O)(=O)[O-])c2cc(S(=O)(=O)[O-])ccc21. The van der Waals surface area contributed by atoms with Crippen molar-refractivity contribution >= 4 is 75.3 Å². The summed E-state index contributed by atoms with van der Waals surface area (Å²) in [7, 11) is -17.7. The van der Waals surface area contributed by atoms with Crippen LogP contribution in [0.2, 0.25) is 0 Å². The molecule has 2 amide bonds. The smallest absolute Gasteiger partial charge is 0.335 e. The highest BCUT2D eigenvalue weighted by atomic mass is 32.2. The summed E-state index contributed by atoms with van der Waals surface area (Å²) in [5.74, 6) is -3.44. The molecule has 3 aliphatic rings.